The molecule has 0 bridgehead atoms. The molecule has 138 valence electrons. The summed E-state index contributed by atoms with van der Waals surface area (Å²) in [5.41, 5.74) is 0.885. The van der Waals surface area contributed by atoms with Gasteiger partial charge in [-0.1, -0.05) is 16.8 Å². The van der Waals surface area contributed by atoms with Crippen molar-refractivity contribution in [2.75, 3.05) is 0 Å². The summed E-state index contributed by atoms with van der Waals surface area (Å²) < 4.78 is 16.8. The van der Waals surface area contributed by atoms with E-state index in [1.165, 1.54) is 4.57 Å². The van der Waals surface area contributed by atoms with Crippen molar-refractivity contribution in [3.63, 3.8) is 0 Å². The van der Waals surface area contributed by atoms with Crippen molar-refractivity contribution in [2.24, 2.45) is 0 Å². The van der Waals surface area contributed by atoms with Crippen LogP contribution >= 0.6 is 11.6 Å². The lowest BCUT2D eigenvalue weighted by molar-refractivity contribution is 0.0904. The SMILES string of the molecule is Cc1ccc(CNC(=O)c2nc(Cn3c(=O)oc4ccc(Cl)cc43)no2)o1. The summed E-state index contributed by atoms with van der Waals surface area (Å²) >= 11 is 5.97. The Kier molecular flexibility index (Phi) is 4.28. The van der Waals surface area contributed by atoms with Gasteiger partial charge in [-0.2, -0.15) is 4.98 Å². The Morgan fingerprint density at radius 1 is 1.26 bits per heavy atom. The maximum Gasteiger partial charge on any atom is 0.420 e. The van der Waals surface area contributed by atoms with E-state index < -0.39 is 11.7 Å². The van der Waals surface area contributed by atoms with E-state index in [4.69, 9.17) is 25.0 Å². The number of halogens is 1. The Morgan fingerprint density at radius 3 is 2.89 bits per heavy atom. The molecule has 4 rings (SSSR count). The second-order valence-corrected chi connectivity index (χ2v) is 6.21. The average Bonchev–Trinajstić information content (AvgIpc) is 3.34. The molecule has 0 fully saturated rings. The molecule has 0 unspecified atom stereocenters. The Bertz CT molecular complexity index is 1190. The Labute approximate surface area is 156 Å². The van der Waals surface area contributed by atoms with Crippen molar-refractivity contribution < 1.29 is 18.2 Å². The maximum atomic E-state index is 12.1. The van der Waals surface area contributed by atoms with Crippen molar-refractivity contribution >= 4 is 28.6 Å². The molecule has 0 aliphatic carbocycles. The van der Waals surface area contributed by atoms with Crippen molar-refractivity contribution in [2.45, 2.75) is 20.0 Å². The number of hydrogen-bond donors (Lipinski definition) is 1. The summed E-state index contributed by atoms with van der Waals surface area (Å²) in [7, 11) is 0. The number of amides is 1. The van der Waals surface area contributed by atoms with Crippen LogP contribution in [-0.2, 0) is 13.1 Å². The summed E-state index contributed by atoms with van der Waals surface area (Å²) in [5, 5.41) is 6.81. The highest BCUT2D eigenvalue weighted by Crippen LogP contribution is 2.19. The van der Waals surface area contributed by atoms with Crippen molar-refractivity contribution in [1.29, 1.82) is 0 Å². The monoisotopic (exact) mass is 388 g/mol. The van der Waals surface area contributed by atoms with E-state index in [0.29, 0.717) is 21.9 Å². The number of benzene rings is 1. The molecule has 3 aromatic heterocycles. The Balaban J connectivity index is 1.50. The minimum Gasteiger partial charge on any atom is -0.465 e. The van der Waals surface area contributed by atoms with Crippen molar-refractivity contribution in [3.05, 3.63) is 69.1 Å². The molecule has 0 atom stereocenters. The maximum absolute atomic E-state index is 12.1. The molecule has 4 aromatic rings. The van der Waals surface area contributed by atoms with E-state index in [2.05, 4.69) is 15.5 Å². The minimum atomic E-state index is -0.587. The molecule has 27 heavy (non-hydrogen) atoms. The number of fused-ring (bicyclic) bond motifs is 1. The molecule has 0 saturated carbocycles. The summed E-state index contributed by atoms with van der Waals surface area (Å²) in [5.74, 6) is 0.156. The molecular weight excluding hydrogens is 376 g/mol. The van der Waals surface area contributed by atoms with Crippen LogP contribution in [0.15, 0.2) is 48.5 Å². The number of carbonyl (C=O) groups excluding carboxylic acids is 1. The van der Waals surface area contributed by atoms with Crippen LogP contribution in [0, 0.1) is 6.92 Å². The van der Waals surface area contributed by atoms with Gasteiger partial charge in [-0.3, -0.25) is 9.36 Å². The number of aromatic nitrogens is 3. The van der Waals surface area contributed by atoms with Gasteiger partial charge in [0.2, 0.25) is 0 Å². The molecule has 10 heteroatoms. The van der Waals surface area contributed by atoms with Gasteiger partial charge < -0.3 is 18.7 Å². The standard InChI is InChI=1S/C17H13ClN4O5/c1-9-2-4-11(25-9)7-19-15(23)16-20-14(21-27-16)8-22-12-6-10(18)3-5-13(12)26-17(22)24/h2-6H,7-8H2,1H3,(H,19,23). The zero-order valence-corrected chi connectivity index (χ0v) is 14.8. The molecule has 1 N–H and O–H groups in total. The van der Waals surface area contributed by atoms with Crippen LogP contribution in [-0.4, -0.2) is 20.6 Å². The summed E-state index contributed by atoms with van der Waals surface area (Å²) in [4.78, 5) is 28.2. The van der Waals surface area contributed by atoms with Gasteiger partial charge in [0.25, 0.3) is 0 Å². The van der Waals surface area contributed by atoms with Crippen LogP contribution in [0.25, 0.3) is 11.1 Å². The highest BCUT2D eigenvalue weighted by atomic mass is 35.5. The fourth-order valence-corrected chi connectivity index (χ4v) is 2.73. The quantitative estimate of drug-likeness (QED) is 0.558. The number of rotatable bonds is 5. The van der Waals surface area contributed by atoms with Gasteiger partial charge >= 0.3 is 17.6 Å². The third-order valence-electron chi connectivity index (χ3n) is 3.81. The number of hydrogen-bond acceptors (Lipinski definition) is 7. The highest BCUT2D eigenvalue weighted by molar-refractivity contribution is 6.31. The van der Waals surface area contributed by atoms with E-state index in [9.17, 15) is 9.59 Å². The van der Waals surface area contributed by atoms with E-state index >= 15 is 0 Å². The molecule has 0 saturated heterocycles. The molecule has 3 heterocycles. The van der Waals surface area contributed by atoms with Crippen LogP contribution in [0.4, 0.5) is 0 Å². The molecule has 0 spiro atoms. The minimum absolute atomic E-state index is 0.0274. The van der Waals surface area contributed by atoms with Crippen LogP contribution in [0.5, 0.6) is 0 Å². The third-order valence-corrected chi connectivity index (χ3v) is 4.05. The first kappa shape index (κ1) is 17.1. The lowest BCUT2D eigenvalue weighted by Gasteiger charge is -1.98. The molecule has 9 nitrogen and oxygen atoms in total. The van der Waals surface area contributed by atoms with Gasteiger partial charge in [0, 0.05) is 5.02 Å². The average molecular weight is 389 g/mol. The van der Waals surface area contributed by atoms with Crippen LogP contribution < -0.4 is 11.1 Å². The number of nitrogens with zero attached hydrogens (tertiary/aromatic N) is 3. The number of furan rings is 1. The molecule has 0 aliphatic heterocycles. The number of nitrogens with one attached hydrogen (secondary N) is 1. The van der Waals surface area contributed by atoms with Crippen LogP contribution in [0.3, 0.4) is 0 Å². The topological polar surface area (TPSA) is 116 Å². The van der Waals surface area contributed by atoms with Crippen molar-refractivity contribution in [1.82, 2.24) is 20.0 Å². The predicted molar refractivity (Wildman–Crippen MR) is 93.5 cm³/mol. The first-order chi connectivity index (χ1) is 13.0. The smallest absolute Gasteiger partial charge is 0.420 e. The van der Waals surface area contributed by atoms with E-state index in [0.717, 1.165) is 5.76 Å². The summed E-state index contributed by atoms with van der Waals surface area (Å²) in [6, 6.07) is 8.37. The van der Waals surface area contributed by atoms with E-state index in [-0.39, 0.29) is 24.8 Å². The number of aryl methyl sites for hydroxylation is 1. The van der Waals surface area contributed by atoms with Gasteiger partial charge in [0.05, 0.1) is 18.6 Å². The second-order valence-electron chi connectivity index (χ2n) is 5.78. The fourth-order valence-electron chi connectivity index (χ4n) is 2.56. The van der Waals surface area contributed by atoms with E-state index in [1.54, 1.807) is 30.3 Å². The normalized spacial score (nSPS) is 11.2. The van der Waals surface area contributed by atoms with E-state index in [1.807, 2.05) is 6.92 Å². The van der Waals surface area contributed by atoms with Gasteiger partial charge in [0.15, 0.2) is 11.4 Å². The first-order valence-corrected chi connectivity index (χ1v) is 8.32. The highest BCUT2D eigenvalue weighted by Gasteiger charge is 2.18. The first-order valence-electron chi connectivity index (χ1n) is 7.94. The van der Waals surface area contributed by atoms with Crippen molar-refractivity contribution in [3.8, 4) is 0 Å². The predicted octanol–water partition coefficient (Wildman–Crippen LogP) is 2.51. The molecule has 1 aromatic carbocycles. The van der Waals surface area contributed by atoms with Gasteiger partial charge in [-0.25, -0.2) is 4.79 Å². The number of carbonyl (C=O) groups is 1. The summed E-state index contributed by atoms with van der Waals surface area (Å²) in [6.45, 7) is 1.97. The molecule has 1 amide bonds. The van der Waals surface area contributed by atoms with Crippen LogP contribution in [0.1, 0.15) is 28.0 Å². The van der Waals surface area contributed by atoms with Gasteiger partial charge in [0.1, 0.15) is 11.5 Å². The largest absolute Gasteiger partial charge is 0.465 e. The lowest BCUT2D eigenvalue weighted by atomic mass is 10.3. The zero-order valence-electron chi connectivity index (χ0n) is 14.1. The third kappa shape index (κ3) is 3.49. The second kappa shape index (κ2) is 6.76. The lowest BCUT2D eigenvalue weighted by Crippen LogP contribution is -2.23. The number of oxazole rings is 1. The van der Waals surface area contributed by atoms with Gasteiger partial charge in [-0.15, -0.1) is 0 Å². The fraction of sp³-hybridized carbons (Fsp3) is 0.176. The van der Waals surface area contributed by atoms with Crippen LogP contribution in [0.2, 0.25) is 5.02 Å². The summed E-state index contributed by atoms with van der Waals surface area (Å²) in [6.07, 6.45) is 0. The molecule has 0 aliphatic rings. The molecular formula is C17H13ClN4O5. The Morgan fingerprint density at radius 2 is 2.11 bits per heavy atom. The molecule has 0 radical (unpaired) electrons. The Hall–Kier alpha value is -3.33. The zero-order chi connectivity index (χ0) is 19.0. The van der Waals surface area contributed by atoms with Gasteiger partial charge in [-0.05, 0) is 37.3 Å².